The number of aromatic nitrogens is 2. The average molecular weight is 289 g/mol. The van der Waals surface area contributed by atoms with Crippen molar-refractivity contribution in [1.29, 1.82) is 0 Å². The number of nitrogens with zero attached hydrogens (tertiary/aromatic N) is 3. The summed E-state index contributed by atoms with van der Waals surface area (Å²) in [6, 6.07) is 7.14. The topological polar surface area (TPSA) is 42.2 Å². The molecule has 112 valence electrons. The molecule has 5 heteroatoms. The zero-order chi connectivity index (χ0) is 14.7. The smallest absolute Gasteiger partial charge is 0.226 e. The second kappa shape index (κ2) is 6.35. The molecule has 1 aliphatic heterocycles. The number of aryl methyl sites for hydroxylation is 1. The van der Waals surface area contributed by atoms with E-state index in [1.54, 1.807) is 0 Å². The normalized spacial score (nSPS) is 19.8. The Hall–Kier alpha value is -1.75. The average Bonchev–Trinajstić information content (AvgIpc) is 2.96. The van der Waals surface area contributed by atoms with Crippen molar-refractivity contribution < 1.29 is 8.91 Å². The Morgan fingerprint density at radius 1 is 1.29 bits per heavy atom. The van der Waals surface area contributed by atoms with Crippen molar-refractivity contribution in [2.75, 3.05) is 6.54 Å². The summed E-state index contributed by atoms with van der Waals surface area (Å²) < 4.78 is 18.3. The van der Waals surface area contributed by atoms with E-state index in [2.05, 4.69) is 15.0 Å². The van der Waals surface area contributed by atoms with Gasteiger partial charge in [-0.05, 0) is 37.1 Å². The van der Waals surface area contributed by atoms with E-state index in [4.69, 9.17) is 4.52 Å². The minimum absolute atomic E-state index is 0.188. The molecule has 1 aromatic heterocycles. The maximum atomic E-state index is 13.1. The second-order valence-electron chi connectivity index (χ2n) is 5.49. The molecule has 0 aliphatic carbocycles. The summed E-state index contributed by atoms with van der Waals surface area (Å²) in [6.07, 6.45) is 4.22. The van der Waals surface area contributed by atoms with Crippen LogP contribution in [0.25, 0.3) is 0 Å². The summed E-state index contributed by atoms with van der Waals surface area (Å²) in [5.74, 6) is 1.23. The van der Waals surface area contributed by atoms with E-state index in [9.17, 15) is 4.39 Å². The zero-order valence-electron chi connectivity index (χ0n) is 12.3. The first-order chi connectivity index (χ1) is 10.3. The lowest BCUT2D eigenvalue weighted by atomic mass is 9.95. The lowest BCUT2D eigenvalue weighted by Gasteiger charge is -2.35. The quantitative estimate of drug-likeness (QED) is 0.864. The SMILES string of the molecule is CCc1nc(CN2CCCC[C@H]2c2ccc(F)cc2)no1. The molecule has 3 rings (SSSR count). The van der Waals surface area contributed by atoms with Crippen LogP contribution < -0.4 is 0 Å². The fourth-order valence-electron chi connectivity index (χ4n) is 2.92. The van der Waals surface area contributed by atoms with Gasteiger partial charge in [-0.25, -0.2) is 4.39 Å². The molecule has 0 amide bonds. The minimum Gasteiger partial charge on any atom is -0.339 e. The van der Waals surface area contributed by atoms with Crippen LogP contribution in [-0.4, -0.2) is 21.6 Å². The van der Waals surface area contributed by atoms with Gasteiger partial charge in [0, 0.05) is 12.5 Å². The Morgan fingerprint density at radius 2 is 2.10 bits per heavy atom. The Balaban J connectivity index is 1.76. The number of halogens is 1. The molecular weight excluding hydrogens is 269 g/mol. The standard InChI is InChI=1S/C16H20FN3O/c1-2-16-18-15(19-21-16)11-20-10-4-3-5-14(20)12-6-8-13(17)9-7-12/h6-9,14H,2-5,10-11H2,1H3/t14-/m0/s1. The van der Waals surface area contributed by atoms with Crippen LogP contribution in [0, 0.1) is 5.82 Å². The van der Waals surface area contributed by atoms with Gasteiger partial charge < -0.3 is 4.52 Å². The van der Waals surface area contributed by atoms with E-state index in [0.717, 1.165) is 30.8 Å². The minimum atomic E-state index is -0.188. The van der Waals surface area contributed by atoms with Crippen LogP contribution in [0.5, 0.6) is 0 Å². The van der Waals surface area contributed by atoms with Gasteiger partial charge in [0.2, 0.25) is 5.89 Å². The van der Waals surface area contributed by atoms with Crippen LogP contribution in [0.4, 0.5) is 4.39 Å². The van der Waals surface area contributed by atoms with E-state index >= 15 is 0 Å². The Bertz CT molecular complexity index is 581. The van der Waals surface area contributed by atoms with E-state index in [1.807, 2.05) is 19.1 Å². The molecule has 0 bridgehead atoms. The largest absolute Gasteiger partial charge is 0.339 e. The maximum Gasteiger partial charge on any atom is 0.226 e. The summed E-state index contributed by atoms with van der Waals surface area (Å²) >= 11 is 0. The lowest BCUT2D eigenvalue weighted by Crippen LogP contribution is -2.33. The highest BCUT2D eigenvalue weighted by atomic mass is 19.1. The highest BCUT2D eigenvalue weighted by Crippen LogP contribution is 2.31. The molecule has 1 saturated heterocycles. The van der Waals surface area contributed by atoms with E-state index < -0.39 is 0 Å². The fourth-order valence-corrected chi connectivity index (χ4v) is 2.92. The molecule has 1 fully saturated rings. The van der Waals surface area contributed by atoms with Crippen molar-refractivity contribution in [2.45, 2.75) is 45.2 Å². The van der Waals surface area contributed by atoms with Gasteiger partial charge >= 0.3 is 0 Å². The molecule has 4 nitrogen and oxygen atoms in total. The van der Waals surface area contributed by atoms with Crippen LogP contribution >= 0.6 is 0 Å². The van der Waals surface area contributed by atoms with Gasteiger partial charge in [-0.3, -0.25) is 4.90 Å². The third kappa shape index (κ3) is 3.29. The highest BCUT2D eigenvalue weighted by molar-refractivity contribution is 5.20. The number of benzene rings is 1. The molecule has 2 heterocycles. The van der Waals surface area contributed by atoms with Crippen molar-refractivity contribution in [1.82, 2.24) is 15.0 Å². The van der Waals surface area contributed by atoms with Gasteiger partial charge in [0.15, 0.2) is 5.82 Å². The van der Waals surface area contributed by atoms with Gasteiger partial charge in [-0.2, -0.15) is 4.98 Å². The van der Waals surface area contributed by atoms with Crippen molar-refractivity contribution >= 4 is 0 Å². The van der Waals surface area contributed by atoms with Crippen molar-refractivity contribution in [3.63, 3.8) is 0 Å². The van der Waals surface area contributed by atoms with Gasteiger partial charge in [-0.1, -0.05) is 30.6 Å². The van der Waals surface area contributed by atoms with Gasteiger partial charge in [0.05, 0.1) is 6.54 Å². The first kappa shape index (κ1) is 14.2. The molecule has 21 heavy (non-hydrogen) atoms. The van der Waals surface area contributed by atoms with Crippen LogP contribution in [0.3, 0.4) is 0 Å². The second-order valence-corrected chi connectivity index (χ2v) is 5.49. The van der Waals surface area contributed by atoms with Crippen LogP contribution in [-0.2, 0) is 13.0 Å². The predicted octanol–water partition coefficient (Wildman–Crippen LogP) is 3.50. The van der Waals surface area contributed by atoms with Gasteiger partial charge in [0.1, 0.15) is 5.82 Å². The maximum absolute atomic E-state index is 13.1. The van der Waals surface area contributed by atoms with Crippen molar-refractivity contribution in [2.24, 2.45) is 0 Å². The number of hydrogen-bond donors (Lipinski definition) is 0. The summed E-state index contributed by atoms with van der Waals surface area (Å²) in [4.78, 5) is 6.75. The van der Waals surface area contributed by atoms with E-state index in [-0.39, 0.29) is 5.82 Å². The van der Waals surface area contributed by atoms with Crippen LogP contribution in [0.15, 0.2) is 28.8 Å². The summed E-state index contributed by atoms with van der Waals surface area (Å²) in [5, 5.41) is 4.04. The number of likely N-dealkylation sites (tertiary alicyclic amines) is 1. The molecule has 2 aromatic rings. The third-order valence-electron chi connectivity index (χ3n) is 4.03. The number of hydrogen-bond acceptors (Lipinski definition) is 4. The zero-order valence-corrected chi connectivity index (χ0v) is 12.3. The van der Waals surface area contributed by atoms with E-state index in [0.29, 0.717) is 18.5 Å². The number of piperidine rings is 1. The van der Waals surface area contributed by atoms with Gasteiger partial charge in [-0.15, -0.1) is 0 Å². The highest BCUT2D eigenvalue weighted by Gasteiger charge is 2.25. The summed E-state index contributed by atoms with van der Waals surface area (Å²) in [7, 11) is 0. The first-order valence-electron chi connectivity index (χ1n) is 7.57. The Kier molecular flexibility index (Phi) is 4.29. The Labute approximate surface area is 124 Å². The first-order valence-corrected chi connectivity index (χ1v) is 7.57. The third-order valence-corrected chi connectivity index (χ3v) is 4.03. The van der Waals surface area contributed by atoms with Gasteiger partial charge in [0.25, 0.3) is 0 Å². The predicted molar refractivity (Wildman–Crippen MR) is 77.1 cm³/mol. The van der Waals surface area contributed by atoms with Crippen molar-refractivity contribution in [3.8, 4) is 0 Å². The summed E-state index contributed by atoms with van der Waals surface area (Å²) in [5.41, 5.74) is 1.16. The lowest BCUT2D eigenvalue weighted by molar-refractivity contribution is 0.135. The van der Waals surface area contributed by atoms with Crippen molar-refractivity contribution in [3.05, 3.63) is 47.4 Å². The molecule has 0 N–H and O–H groups in total. The molecule has 1 aliphatic rings. The monoisotopic (exact) mass is 289 g/mol. The molecular formula is C16H20FN3O. The molecule has 1 atom stereocenters. The van der Waals surface area contributed by atoms with Crippen LogP contribution in [0.2, 0.25) is 0 Å². The molecule has 0 saturated carbocycles. The van der Waals surface area contributed by atoms with Crippen LogP contribution in [0.1, 0.15) is 49.5 Å². The molecule has 1 aromatic carbocycles. The molecule has 0 radical (unpaired) electrons. The number of rotatable bonds is 4. The molecule has 0 unspecified atom stereocenters. The van der Waals surface area contributed by atoms with E-state index in [1.165, 1.54) is 25.0 Å². The Morgan fingerprint density at radius 3 is 2.81 bits per heavy atom. The summed E-state index contributed by atoms with van der Waals surface area (Å²) in [6.45, 7) is 3.70. The fraction of sp³-hybridized carbons (Fsp3) is 0.500. The molecule has 0 spiro atoms.